The van der Waals surface area contributed by atoms with Crippen molar-refractivity contribution in [1.82, 2.24) is 10.6 Å². The number of hydrogen-bond donors (Lipinski definition) is 9. The zero-order valence-corrected chi connectivity index (χ0v) is 19.1. The second-order valence-electron chi connectivity index (χ2n) is 8.25. The summed E-state index contributed by atoms with van der Waals surface area (Å²) in [6, 6.07) is -4.14. The zero-order chi connectivity index (χ0) is 26.4. The number of rotatable bonds is 10. The molecule has 0 spiro atoms. The van der Waals surface area contributed by atoms with Gasteiger partial charge >= 0.3 is 5.97 Å². The van der Waals surface area contributed by atoms with E-state index in [0.29, 0.717) is 0 Å². The number of nitrogens with one attached hydrogen (secondary N) is 2. The van der Waals surface area contributed by atoms with Crippen LogP contribution >= 0.6 is 0 Å². The average molecular weight is 511 g/mol. The molecule has 0 aromatic heterocycles. The molecule has 2 heterocycles. The van der Waals surface area contributed by atoms with Crippen molar-refractivity contribution in [3.8, 4) is 0 Å². The summed E-state index contributed by atoms with van der Waals surface area (Å²) in [6.45, 7) is 0.243. The quantitative estimate of drug-likeness (QED) is 0.132. The smallest absolute Gasteiger partial charge is 0.322 e. The van der Waals surface area contributed by atoms with E-state index in [4.69, 9.17) is 29.8 Å². The number of nitrogens with two attached hydrogens (primary N) is 1. The highest BCUT2D eigenvalue weighted by molar-refractivity contribution is 5.74. The monoisotopic (exact) mass is 511 g/mol. The van der Waals surface area contributed by atoms with E-state index in [9.17, 15) is 39.9 Å². The maximum Gasteiger partial charge on any atom is 0.322 e. The lowest BCUT2D eigenvalue weighted by atomic mass is 9.94. The fraction of sp³-hybridized carbons (Fsp3) is 0.842. The highest BCUT2D eigenvalue weighted by atomic mass is 16.7. The molecule has 0 aromatic rings. The Labute approximate surface area is 199 Å². The molecule has 2 aliphatic rings. The summed E-state index contributed by atoms with van der Waals surface area (Å²) >= 11 is 0. The first-order chi connectivity index (χ1) is 16.4. The Hall–Kier alpha value is -1.99. The van der Waals surface area contributed by atoms with Gasteiger partial charge in [0, 0.05) is 13.8 Å². The van der Waals surface area contributed by atoms with E-state index in [1.165, 1.54) is 0 Å². The van der Waals surface area contributed by atoms with Crippen LogP contribution in [0.25, 0.3) is 0 Å². The first kappa shape index (κ1) is 29.2. The number of amides is 2. The molecule has 11 atom stereocenters. The SMILES string of the molecule is CC(=O)N[C@H]1[C@H](O[C@H]2[C@@H](O)[C@@H](CO)O[C@H](OC[C@H](N)C(=O)O)[C@@H]2NC(C)=O)O[C@H](CO)[C@@H](O)[C@@H]1O. The molecule has 2 aliphatic heterocycles. The molecule has 0 aliphatic carbocycles. The lowest BCUT2D eigenvalue weighted by Gasteiger charge is -2.48. The van der Waals surface area contributed by atoms with Crippen LogP contribution in [-0.2, 0) is 33.3 Å². The minimum absolute atomic E-state index is 0.566. The molecule has 0 unspecified atom stereocenters. The van der Waals surface area contributed by atoms with Crippen molar-refractivity contribution < 1.29 is 64.0 Å². The van der Waals surface area contributed by atoms with Crippen molar-refractivity contribution in [2.75, 3.05) is 19.8 Å². The van der Waals surface area contributed by atoms with Crippen LogP contribution in [0.3, 0.4) is 0 Å². The van der Waals surface area contributed by atoms with Gasteiger partial charge in [-0.15, -0.1) is 0 Å². The van der Waals surface area contributed by atoms with Gasteiger partial charge < -0.3 is 66.0 Å². The van der Waals surface area contributed by atoms with Crippen LogP contribution in [0.1, 0.15) is 13.8 Å². The summed E-state index contributed by atoms with van der Waals surface area (Å²) in [6.07, 6.45) is -12.0. The van der Waals surface area contributed by atoms with Crippen LogP contribution in [0.2, 0.25) is 0 Å². The molecule has 2 amide bonds. The summed E-state index contributed by atoms with van der Waals surface area (Å²) in [5.41, 5.74) is 5.45. The van der Waals surface area contributed by atoms with E-state index in [-0.39, 0.29) is 0 Å². The molecule has 2 fully saturated rings. The first-order valence-electron chi connectivity index (χ1n) is 10.8. The van der Waals surface area contributed by atoms with Gasteiger partial charge in [0.1, 0.15) is 54.7 Å². The summed E-state index contributed by atoms with van der Waals surface area (Å²) in [7, 11) is 0. The maximum atomic E-state index is 11.9. The Bertz CT molecular complexity index is 743. The van der Waals surface area contributed by atoms with Crippen LogP contribution < -0.4 is 16.4 Å². The van der Waals surface area contributed by atoms with Crippen molar-refractivity contribution in [3.63, 3.8) is 0 Å². The Kier molecular flexibility index (Phi) is 10.7. The van der Waals surface area contributed by atoms with E-state index in [1.54, 1.807) is 0 Å². The van der Waals surface area contributed by atoms with Crippen molar-refractivity contribution in [3.05, 3.63) is 0 Å². The van der Waals surface area contributed by atoms with Crippen molar-refractivity contribution >= 4 is 17.8 Å². The van der Waals surface area contributed by atoms with Gasteiger partial charge in [-0.3, -0.25) is 14.4 Å². The normalized spacial score (nSPS) is 38.4. The van der Waals surface area contributed by atoms with E-state index >= 15 is 0 Å². The highest BCUT2D eigenvalue weighted by Crippen LogP contribution is 2.30. The second kappa shape index (κ2) is 12.8. The average Bonchev–Trinajstić information content (AvgIpc) is 2.79. The third-order valence-electron chi connectivity index (χ3n) is 5.52. The predicted molar refractivity (Wildman–Crippen MR) is 111 cm³/mol. The van der Waals surface area contributed by atoms with Gasteiger partial charge in [-0.25, -0.2) is 0 Å². The van der Waals surface area contributed by atoms with Crippen molar-refractivity contribution in [1.29, 1.82) is 0 Å². The molecule has 0 aromatic carbocycles. The van der Waals surface area contributed by atoms with E-state index in [2.05, 4.69) is 10.6 Å². The van der Waals surface area contributed by atoms with Crippen LogP contribution in [-0.4, -0.2) is 136 Å². The number of aliphatic hydroxyl groups is 5. The summed E-state index contributed by atoms with van der Waals surface area (Å²) in [5.74, 6) is -2.62. The topological polar surface area (TPSA) is 260 Å². The number of carboxylic acid groups (broad SMARTS) is 1. The minimum Gasteiger partial charge on any atom is -0.480 e. The largest absolute Gasteiger partial charge is 0.480 e. The number of carboxylic acids is 1. The summed E-state index contributed by atoms with van der Waals surface area (Å²) in [4.78, 5) is 34.6. The molecule has 35 heavy (non-hydrogen) atoms. The zero-order valence-electron chi connectivity index (χ0n) is 19.1. The third kappa shape index (κ3) is 7.26. The van der Waals surface area contributed by atoms with Crippen LogP contribution in [0.5, 0.6) is 0 Å². The van der Waals surface area contributed by atoms with Crippen LogP contribution in [0.4, 0.5) is 0 Å². The molecule has 0 bridgehead atoms. The lowest BCUT2D eigenvalue weighted by molar-refractivity contribution is -0.328. The molecule has 202 valence electrons. The molecule has 0 radical (unpaired) electrons. The van der Waals surface area contributed by atoms with Gasteiger partial charge in [0.25, 0.3) is 0 Å². The van der Waals surface area contributed by atoms with Gasteiger partial charge in [-0.1, -0.05) is 0 Å². The first-order valence-corrected chi connectivity index (χ1v) is 10.8. The number of aliphatic carboxylic acids is 1. The fourth-order valence-corrected chi connectivity index (χ4v) is 3.77. The maximum absolute atomic E-state index is 11.9. The number of carbonyl (C=O) groups is 3. The van der Waals surface area contributed by atoms with E-state index in [0.717, 1.165) is 13.8 Å². The molecule has 16 nitrogen and oxygen atoms in total. The van der Waals surface area contributed by atoms with Gasteiger partial charge in [0.2, 0.25) is 11.8 Å². The predicted octanol–water partition coefficient (Wildman–Crippen LogP) is -5.67. The van der Waals surface area contributed by atoms with Gasteiger partial charge in [-0.2, -0.15) is 0 Å². The standard InChI is InChI=1S/C19H33N3O13/c1-6(25)21-11-15(29)13(27)9(3-23)34-19(11)35-16-12(22-7(2)26)18(32-5-8(20)17(30)31)33-10(4-24)14(16)28/h8-16,18-19,23-24,27-29H,3-5,20H2,1-2H3,(H,21,25)(H,22,26)(H,30,31)/t8-,9+,10+,11+,12+,13+,14-,15+,16+,18-,19-/m0/s1. The van der Waals surface area contributed by atoms with Crippen LogP contribution in [0, 0.1) is 0 Å². The molecule has 2 saturated heterocycles. The molecular weight excluding hydrogens is 478 g/mol. The third-order valence-corrected chi connectivity index (χ3v) is 5.52. The van der Waals surface area contributed by atoms with Crippen LogP contribution in [0.15, 0.2) is 0 Å². The Morgan fingerprint density at radius 1 is 0.886 bits per heavy atom. The number of carbonyl (C=O) groups excluding carboxylic acids is 2. The molecule has 0 saturated carbocycles. The minimum atomic E-state index is -1.65. The molecular formula is C19H33N3O13. The molecule has 2 rings (SSSR count). The summed E-state index contributed by atoms with van der Waals surface area (Å²) in [5, 5.41) is 64.4. The van der Waals surface area contributed by atoms with Crippen molar-refractivity contribution in [2.24, 2.45) is 5.73 Å². The van der Waals surface area contributed by atoms with E-state index in [1.807, 2.05) is 0 Å². The Morgan fingerprint density at radius 2 is 1.40 bits per heavy atom. The van der Waals surface area contributed by atoms with E-state index < -0.39 is 105 Å². The highest BCUT2D eigenvalue weighted by Gasteiger charge is 2.52. The lowest BCUT2D eigenvalue weighted by Crippen LogP contribution is -2.69. The second-order valence-corrected chi connectivity index (χ2v) is 8.25. The van der Waals surface area contributed by atoms with Gasteiger partial charge in [-0.05, 0) is 0 Å². The van der Waals surface area contributed by atoms with Gasteiger partial charge in [0.15, 0.2) is 12.6 Å². The Morgan fingerprint density at radius 3 is 1.91 bits per heavy atom. The Balaban J connectivity index is 2.37. The number of ether oxygens (including phenoxy) is 4. The molecule has 10 N–H and O–H groups in total. The van der Waals surface area contributed by atoms with Gasteiger partial charge in [0.05, 0.1) is 19.8 Å². The number of aliphatic hydroxyl groups excluding tert-OH is 5. The summed E-state index contributed by atoms with van der Waals surface area (Å²) < 4.78 is 22.2. The molecule has 16 heteroatoms. The number of hydrogen-bond acceptors (Lipinski definition) is 13. The van der Waals surface area contributed by atoms with Crippen molar-refractivity contribution in [2.45, 2.75) is 81.2 Å². The fourth-order valence-electron chi connectivity index (χ4n) is 3.77.